The lowest BCUT2D eigenvalue weighted by Crippen LogP contribution is -2.39. The van der Waals surface area contributed by atoms with E-state index in [2.05, 4.69) is 10.1 Å². The maximum absolute atomic E-state index is 12.7. The summed E-state index contributed by atoms with van der Waals surface area (Å²) < 4.78 is 5.02. The fraction of sp³-hybridized carbons (Fsp3) is 0.526. The second kappa shape index (κ2) is 8.31. The number of rotatable bonds is 6. The molecule has 0 aliphatic carbocycles. The Hall–Kier alpha value is -2.41. The quantitative estimate of drug-likeness (QED) is 0.849. The van der Waals surface area contributed by atoms with E-state index in [-0.39, 0.29) is 12.5 Å². The Morgan fingerprint density at radius 1 is 1.31 bits per heavy atom. The van der Waals surface area contributed by atoms with Gasteiger partial charge in [0.1, 0.15) is 0 Å². The van der Waals surface area contributed by atoms with Crippen LogP contribution in [0.2, 0.25) is 0 Å². The van der Waals surface area contributed by atoms with E-state index in [0.717, 1.165) is 43.9 Å². The average Bonchev–Trinajstić information content (AvgIpc) is 3.07. The molecule has 1 fully saturated rings. The Balaban J connectivity index is 1.53. The molecular weight excluding hydrogens is 332 g/mol. The minimum atomic E-state index is 0.0789. The molecule has 7 heteroatoms. The van der Waals surface area contributed by atoms with Gasteiger partial charge in [-0.15, -0.1) is 0 Å². The van der Waals surface area contributed by atoms with Crippen LogP contribution in [0.1, 0.15) is 34.9 Å². The van der Waals surface area contributed by atoms with Crippen molar-refractivity contribution in [2.75, 3.05) is 38.2 Å². The number of aliphatic hydroxyl groups excluding tert-OH is 1. The lowest BCUT2D eigenvalue weighted by molar-refractivity contribution is 0.0689. The van der Waals surface area contributed by atoms with Gasteiger partial charge in [0, 0.05) is 51.3 Å². The van der Waals surface area contributed by atoms with Gasteiger partial charge in [-0.25, -0.2) is 0 Å². The Morgan fingerprint density at radius 2 is 2.00 bits per heavy atom. The Bertz CT molecular complexity index is 721. The second-order valence-corrected chi connectivity index (χ2v) is 6.86. The van der Waals surface area contributed by atoms with Gasteiger partial charge in [0.2, 0.25) is 5.89 Å². The number of aliphatic hydroxyl groups is 1. The molecule has 1 aliphatic heterocycles. The van der Waals surface area contributed by atoms with Crippen LogP contribution >= 0.6 is 0 Å². The van der Waals surface area contributed by atoms with Gasteiger partial charge >= 0.3 is 0 Å². The first-order valence-electron chi connectivity index (χ1n) is 9.07. The molecule has 0 saturated carbocycles. The van der Waals surface area contributed by atoms with Crippen LogP contribution in [0.4, 0.5) is 5.69 Å². The number of aromatic nitrogens is 2. The average molecular weight is 358 g/mol. The third-order valence-corrected chi connectivity index (χ3v) is 4.93. The van der Waals surface area contributed by atoms with Crippen molar-refractivity contribution in [1.29, 1.82) is 0 Å². The summed E-state index contributed by atoms with van der Waals surface area (Å²) in [7, 11) is 1.92. The van der Waals surface area contributed by atoms with Crippen molar-refractivity contribution < 1.29 is 14.4 Å². The molecule has 1 aliphatic rings. The van der Waals surface area contributed by atoms with Crippen LogP contribution in [0.5, 0.6) is 0 Å². The SMILES string of the molecule is Cc1nc(CC2CCN(C(=O)c3ccc(N(C)CCO)cc3)CC2)no1. The lowest BCUT2D eigenvalue weighted by atomic mass is 9.93. The van der Waals surface area contributed by atoms with Gasteiger partial charge in [-0.2, -0.15) is 4.98 Å². The molecule has 0 bridgehead atoms. The van der Waals surface area contributed by atoms with Crippen molar-refractivity contribution in [3.05, 3.63) is 41.5 Å². The Labute approximate surface area is 153 Å². The fourth-order valence-electron chi connectivity index (χ4n) is 3.34. The van der Waals surface area contributed by atoms with Crippen LogP contribution in [-0.4, -0.2) is 59.3 Å². The summed E-state index contributed by atoms with van der Waals surface area (Å²) in [6, 6.07) is 7.57. The van der Waals surface area contributed by atoms with E-state index < -0.39 is 0 Å². The number of carbonyl (C=O) groups excluding carboxylic acids is 1. The van der Waals surface area contributed by atoms with Gasteiger partial charge in [0.05, 0.1) is 6.61 Å². The zero-order chi connectivity index (χ0) is 18.5. The van der Waals surface area contributed by atoms with Crippen LogP contribution in [0.25, 0.3) is 0 Å². The van der Waals surface area contributed by atoms with Gasteiger partial charge < -0.3 is 19.4 Å². The van der Waals surface area contributed by atoms with Crippen LogP contribution < -0.4 is 4.90 Å². The molecule has 1 N–H and O–H groups in total. The number of anilines is 1. The van der Waals surface area contributed by atoms with E-state index in [1.54, 1.807) is 6.92 Å². The zero-order valence-electron chi connectivity index (χ0n) is 15.4. The van der Waals surface area contributed by atoms with E-state index in [4.69, 9.17) is 9.63 Å². The Kier molecular flexibility index (Phi) is 5.88. The Morgan fingerprint density at radius 3 is 2.58 bits per heavy atom. The molecule has 2 aromatic rings. The molecule has 1 amide bonds. The first-order valence-corrected chi connectivity index (χ1v) is 9.07. The summed E-state index contributed by atoms with van der Waals surface area (Å²) >= 11 is 0. The normalized spacial score (nSPS) is 15.3. The molecule has 0 spiro atoms. The number of carbonyl (C=O) groups is 1. The molecule has 26 heavy (non-hydrogen) atoms. The minimum absolute atomic E-state index is 0.0789. The maximum atomic E-state index is 12.7. The molecule has 0 radical (unpaired) electrons. The van der Waals surface area contributed by atoms with Gasteiger partial charge in [0.25, 0.3) is 5.91 Å². The van der Waals surface area contributed by atoms with Gasteiger partial charge in [0.15, 0.2) is 5.82 Å². The smallest absolute Gasteiger partial charge is 0.253 e. The van der Waals surface area contributed by atoms with Crippen LogP contribution in [0, 0.1) is 12.8 Å². The molecule has 7 nitrogen and oxygen atoms in total. The number of likely N-dealkylation sites (N-methyl/N-ethyl adjacent to an activating group) is 1. The number of nitrogens with zero attached hydrogens (tertiary/aromatic N) is 4. The number of hydrogen-bond donors (Lipinski definition) is 1. The minimum Gasteiger partial charge on any atom is -0.395 e. The number of piperidine rings is 1. The van der Waals surface area contributed by atoms with Crippen molar-refractivity contribution in [3.63, 3.8) is 0 Å². The predicted octanol–water partition coefficient (Wildman–Crippen LogP) is 1.90. The van der Waals surface area contributed by atoms with E-state index >= 15 is 0 Å². The summed E-state index contributed by atoms with van der Waals surface area (Å²) in [5, 5.41) is 13.0. The highest BCUT2D eigenvalue weighted by Gasteiger charge is 2.25. The van der Waals surface area contributed by atoms with Crippen molar-refractivity contribution in [2.45, 2.75) is 26.2 Å². The highest BCUT2D eigenvalue weighted by Crippen LogP contribution is 2.23. The largest absolute Gasteiger partial charge is 0.395 e. The fourth-order valence-corrected chi connectivity index (χ4v) is 3.34. The van der Waals surface area contributed by atoms with Crippen molar-refractivity contribution in [3.8, 4) is 0 Å². The number of likely N-dealkylation sites (tertiary alicyclic amines) is 1. The van der Waals surface area contributed by atoms with Gasteiger partial charge in [-0.1, -0.05) is 5.16 Å². The number of hydrogen-bond acceptors (Lipinski definition) is 6. The first-order chi connectivity index (χ1) is 12.6. The molecule has 1 aromatic carbocycles. The molecule has 3 rings (SSSR count). The van der Waals surface area contributed by atoms with Crippen LogP contribution in [-0.2, 0) is 6.42 Å². The molecule has 140 valence electrons. The summed E-state index contributed by atoms with van der Waals surface area (Å²) in [5.74, 6) is 1.93. The van der Waals surface area contributed by atoms with Crippen molar-refractivity contribution in [2.24, 2.45) is 5.92 Å². The van der Waals surface area contributed by atoms with E-state index in [0.29, 0.717) is 23.9 Å². The summed E-state index contributed by atoms with van der Waals surface area (Å²) in [5.41, 5.74) is 1.70. The molecule has 0 unspecified atom stereocenters. The van der Waals surface area contributed by atoms with Gasteiger partial charge in [-0.3, -0.25) is 4.79 Å². The summed E-state index contributed by atoms with van der Waals surface area (Å²) in [6.45, 7) is 3.99. The summed E-state index contributed by atoms with van der Waals surface area (Å²) in [6.07, 6.45) is 2.72. The van der Waals surface area contributed by atoms with Crippen molar-refractivity contribution >= 4 is 11.6 Å². The summed E-state index contributed by atoms with van der Waals surface area (Å²) in [4.78, 5) is 20.9. The molecule has 2 heterocycles. The zero-order valence-corrected chi connectivity index (χ0v) is 15.4. The highest BCUT2D eigenvalue weighted by molar-refractivity contribution is 5.94. The monoisotopic (exact) mass is 358 g/mol. The van der Waals surface area contributed by atoms with Crippen LogP contribution in [0.3, 0.4) is 0 Å². The van der Waals surface area contributed by atoms with Gasteiger partial charge in [-0.05, 0) is 43.0 Å². The third-order valence-electron chi connectivity index (χ3n) is 4.93. The predicted molar refractivity (Wildman–Crippen MR) is 98.2 cm³/mol. The topological polar surface area (TPSA) is 82.7 Å². The molecule has 0 atom stereocenters. The number of amides is 1. The molecule has 1 saturated heterocycles. The third kappa shape index (κ3) is 4.40. The van der Waals surface area contributed by atoms with E-state index in [1.807, 2.05) is 41.1 Å². The lowest BCUT2D eigenvalue weighted by Gasteiger charge is -2.31. The molecule has 1 aromatic heterocycles. The first kappa shape index (κ1) is 18.4. The highest BCUT2D eigenvalue weighted by atomic mass is 16.5. The van der Waals surface area contributed by atoms with Crippen LogP contribution in [0.15, 0.2) is 28.8 Å². The number of aryl methyl sites for hydroxylation is 1. The number of benzene rings is 1. The van der Waals surface area contributed by atoms with E-state index in [1.165, 1.54) is 0 Å². The van der Waals surface area contributed by atoms with Crippen molar-refractivity contribution in [1.82, 2.24) is 15.0 Å². The maximum Gasteiger partial charge on any atom is 0.253 e. The molecular formula is C19H26N4O3. The standard InChI is InChI=1S/C19H26N4O3/c1-14-20-18(21-26-14)13-15-7-9-23(10-8-15)19(25)16-3-5-17(6-4-16)22(2)11-12-24/h3-6,15,24H,7-13H2,1-2H3. The second-order valence-electron chi connectivity index (χ2n) is 6.86. The van der Waals surface area contributed by atoms with E-state index in [9.17, 15) is 4.79 Å².